The standard InChI is InChI=1S/C8H16O2.Al.O/c1-2-3-4-5-6-7-8(9)10;;/h2-7H2,1H3,(H,9,10);;. The van der Waals surface area contributed by atoms with E-state index in [1.165, 1.54) is 35.5 Å². The number of hydrogen-bond acceptors (Lipinski definition) is 2. The Morgan fingerprint density at radius 3 is 2.08 bits per heavy atom. The fourth-order valence-corrected chi connectivity index (χ4v) is 0.880. The first kappa shape index (κ1) is 14.3. The van der Waals surface area contributed by atoms with Crippen LogP contribution in [-0.2, 0) is 8.60 Å². The second kappa shape index (κ2) is 13.4. The fourth-order valence-electron chi connectivity index (χ4n) is 0.880. The zero-order chi connectivity index (χ0) is 9.82. The van der Waals surface area contributed by atoms with Crippen molar-refractivity contribution in [2.24, 2.45) is 0 Å². The van der Waals surface area contributed by atoms with Crippen LogP contribution in [0.4, 0.5) is 0 Å². The van der Waals surface area contributed by atoms with Gasteiger partial charge < -0.3 is 5.11 Å². The van der Waals surface area contributed by atoms with Gasteiger partial charge in [0.05, 0.1) is 0 Å². The van der Waals surface area contributed by atoms with Crippen molar-refractivity contribution in [2.45, 2.75) is 45.4 Å². The maximum absolute atomic E-state index is 10.0. The Bertz CT molecular complexity index is 106. The van der Waals surface area contributed by atoms with E-state index in [-0.39, 0.29) is 0 Å². The second-order valence-electron chi connectivity index (χ2n) is 2.56. The Morgan fingerprint density at radius 1 is 1.17 bits per heavy atom. The molecule has 0 saturated carbocycles. The summed E-state index contributed by atoms with van der Waals surface area (Å²) in [4.78, 5) is 10.0. The van der Waals surface area contributed by atoms with Gasteiger partial charge in [-0.1, -0.05) is 32.6 Å². The van der Waals surface area contributed by atoms with E-state index in [0.717, 1.165) is 12.8 Å². The molecule has 0 aromatic carbocycles. The molecule has 0 heterocycles. The number of carboxylic acids is 1. The third-order valence-electron chi connectivity index (χ3n) is 1.49. The molecule has 0 amide bonds. The van der Waals surface area contributed by atoms with Gasteiger partial charge in [0.15, 0.2) is 0 Å². The molecule has 0 aliphatic carbocycles. The molecule has 0 saturated heterocycles. The van der Waals surface area contributed by atoms with Gasteiger partial charge in [-0.05, 0) is 6.42 Å². The van der Waals surface area contributed by atoms with Crippen molar-refractivity contribution >= 4 is 22.2 Å². The Labute approximate surface area is 81.8 Å². The van der Waals surface area contributed by atoms with Crippen molar-refractivity contribution in [3.05, 3.63) is 0 Å². The minimum atomic E-state index is -0.670. The van der Waals surface area contributed by atoms with E-state index in [1.807, 2.05) is 0 Å². The molecular weight excluding hydrogens is 171 g/mol. The summed E-state index contributed by atoms with van der Waals surface area (Å²) in [7, 11) is 0. The SMILES string of the molecule is CCCCCCCC(=O)O.[O]=[Al]. The number of carbonyl (C=O) groups is 1. The number of hydrogen-bond donors (Lipinski definition) is 1. The van der Waals surface area contributed by atoms with Crippen LogP contribution in [0.15, 0.2) is 0 Å². The Kier molecular flexibility index (Phi) is 16.0. The van der Waals surface area contributed by atoms with Crippen molar-refractivity contribution in [1.82, 2.24) is 0 Å². The number of aliphatic carboxylic acids is 1. The van der Waals surface area contributed by atoms with Gasteiger partial charge in [-0.15, -0.1) is 0 Å². The van der Waals surface area contributed by atoms with E-state index in [0.29, 0.717) is 6.42 Å². The van der Waals surface area contributed by atoms with E-state index in [2.05, 4.69) is 6.92 Å². The molecule has 1 radical (unpaired) electrons. The van der Waals surface area contributed by atoms with Crippen molar-refractivity contribution in [3.8, 4) is 0 Å². The molecule has 0 unspecified atom stereocenters. The quantitative estimate of drug-likeness (QED) is 0.510. The molecular formula is C8H16AlO3. The summed E-state index contributed by atoms with van der Waals surface area (Å²) in [5, 5.41) is 8.27. The Balaban J connectivity index is 0. The van der Waals surface area contributed by atoms with Crippen LogP contribution in [0.1, 0.15) is 45.4 Å². The molecule has 0 aromatic heterocycles. The molecule has 0 aliphatic heterocycles. The molecule has 3 nitrogen and oxygen atoms in total. The summed E-state index contributed by atoms with van der Waals surface area (Å²) >= 11 is 1.17. The Morgan fingerprint density at radius 2 is 1.67 bits per heavy atom. The molecule has 0 fully saturated rings. The summed E-state index contributed by atoms with van der Waals surface area (Å²) in [6, 6.07) is 0. The van der Waals surface area contributed by atoms with Gasteiger partial charge in [0, 0.05) is 6.42 Å². The molecule has 69 valence electrons. The summed E-state index contributed by atoms with van der Waals surface area (Å²) in [6.45, 7) is 2.15. The van der Waals surface area contributed by atoms with Crippen LogP contribution in [0.3, 0.4) is 0 Å². The van der Waals surface area contributed by atoms with Gasteiger partial charge in [0.1, 0.15) is 0 Å². The van der Waals surface area contributed by atoms with Crippen LogP contribution < -0.4 is 0 Å². The average Bonchev–Trinajstić information content (AvgIpc) is 2.07. The summed E-state index contributed by atoms with van der Waals surface area (Å²) in [6.07, 6.45) is 5.88. The van der Waals surface area contributed by atoms with E-state index in [4.69, 9.17) is 8.91 Å². The first-order valence-corrected chi connectivity index (χ1v) is 4.70. The van der Waals surface area contributed by atoms with Crippen LogP contribution in [0.5, 0.6) is 0 Å². The topological polar surface area (TPSA) is 54.4 Å². The normalized spacial score (nSPS) is 8.33. The summed E-state index contributed by atoms with van der Waals surface area (Å²) < 4.78 is 8.17. The van der Waals surface area contributed by atoms with E-state index < -0.39 is 5.97 Å². The molecule has 0 spiro atoms. The Hall–Kier alpha value is -0.198. The van der Waals surface area contributed by atoms with Gasteiger partial charge in [-0.25, -0.2) is 0 Å². The predicted molar refractivity (Wildman–Crippen MR) is 47.5 cm³/mol. The molecule has 0 bridgehead atoms. The average molecular weight is 187 g/mol. The van der Waals surface area contributed by atoms with E-state index >= 15 is 0 Å². The summed E-state index contributed by atoms with van der Waals surface area (Å²) in [5.41, 5.74) is 0. The van der Waals surface area contributed by atoms with Gasteiger partial charge in [-0.3, -0.25) is 4.79 Å². The molecule has 0 aromatic rings. The molecule has 0 rings (SSSR count). The van der Waals surface area contributed by atoms with E-state index in [1.54, 1.807) is 0 Å². The zero-order valence-corrected chi connectivity index (χ0v) is 8.74. The predicted octanol–water partition coefficient (Wildman–Crippen LogP) is 1.93. The zero-order valence-electron chi connectivity index (χ0n) is 7.58. The molecule has 1 N–H and O–H groups in total. The monoisotopic (exact) mass is 187 g/mol. The molecule has 4 heteroatoms. The maximum atomic E-state index is 10.0. The van der Waals surface area contributed by atoms with Crippen LogP contribution in [0, 0.1) is 0 Å². The van der Waals surface area contributed by atoms with E-state index in [9.17, 15) is 4.79 Å². The molecule has 0 atom stereocenters. The van der Waals surface area contributed by atoms with Crippen LogP contribution in [-0.4, -0.2) is 27.3 Å². The van der Waals surface area contributed by atoms with Crippen molar-refractivity contribution < 1.29 is 13.7 Å². The van der Waals surface area contributed by atoms with Crippen LogP contribution >= 0.6 is 0 Å². The molecule has 12 heavy (non-hydrogen) atoms. The minimum absolute atomic E-state index is 0.337. The van der Waals surface area contributed by atoms with Gasteiger partial charge in [0.25, 0.3) is 0 Å². The van der Waals surface area contributed by atoms with Crippen LogP contribution in [0.25, 0.3) is 0 Å². The second-order valence-corrected chi connectivity index (χ2v) is 2.56. The fraction of sp³-hybridized carbons (Fsp3) is 0.875. The van der Waals surface area contributed by atoms with Crippen molar-refractivity contribution in [3.63, 3.8) is 0 Å². The number of unbranched alkanes of at least 4 members (excludes halogenated alkanes) is 4. The third kappa shape index (κ3) is 16.4. The summed E-state index contributed by atoms with van der Waals surface area (Å²) in [5.74, 6) is -0.670. The van der Waals surface area contributed by atoms with Crippen molar-refractivity contribution in [1.29, 1.82) is 0 Å². The first-order chi connectivity index (χ1) is 5.77. The van der Waals surface area contributed by atoms with Crippen LogP contribution in [0.2, 0.25) is 0 Å². The van der Waals surface area contributed by atoms with Crippen molar-refractivity contribution in [2.75, 3.05) is 0 Å². The number of carboxylic acid groups (broad SMARTS) is 1. The van der Waals surface area contributed by atoms with Gasteiger partial charge in [-0.2, -0.15) is 0 Å². The third-order valence-corrected chi connectivity index (χ3v) is 1.49. The van der Waals surface area contributed by atoms with Gasteiger partial charge in [0.2, 0.25) is 0 Å². The van der Waals surface area contributed by atoms with Gasteiger partial charge >= 0.3 is 26.0 Å². The first-order valence-electron chi connectivity index (χ1n) is 4.22. The number of rotatable bonds is 6. The molecule has 0 aliphatic rings.